The topological polar surface area (TPSA) is 44.1 Å². The Labute approximate surface area is 117 Å². The summed E-state index contributed by atoms with van der Waals surface area (Å²) >= 11 is 0. The standard InChI is InChI=1S/C14H18F2N2O2/c1-4-5-6-7-8-13(19)20-9-12-10(2)17-18(11(12)3)14(15)16/h1,14H,5-9H2,2-3H3. The molecule has 20 heavy (non-hydrogen) atoms. The fourth-order valence-electron chi connectivity index (χ4n) is 1.82. The summed E-state index contributed by atoms with van der Waals surface area (Å²) in [5, 5.41) is 3.73. The zero-order valence-corrected chi connectivity index (χ0v) is 11.7. The van der Waals surface area contributed by atoms with Crippen molar-refractivity contribution in [1.82, 2.24) is 9.78 Å². The van der Waals surface area contributed by atoms with Gasteiger partial charge in [-0.25, -0.2) is 4.68 Å². The number of carbonyl (C=O) groups excluding carboxylic acids is 1. The Hall–Kier alpha value is -1.90. The van der Waals surface area contributed by atoms with Crippen LogP contribution in [0.5, 0.6) is 0 Å². The highest BCUT2D eigenvalue weighted by Gasteiger charge is 2.18. The van der Waals surface area contributed by atoms with Crippen molar-refractivity contribution in [3.8, 4) is 12.3 Å². The lowest BCUT2D eigenvalue weighted by atomic mass is 10.2. The average molecular weight is 284 g/mol. The SMILES string of the molecule is C#CCCCCC(=O)OCc1c(C)nn(C(F)F)c1C. The summed E-state index contributed by atoms with van der Waals surface area (Å²) < 4.78 is 31.0. The number of hydrogen-bond acceptors (Lipinski definition) is 3. The molecule has 0 amide bonds. The van der Waals surface area contributed by atoms with Crippen LogP contribution >= 0.6 is 0 Å². The second-order valence-electron chi connectivity index (χ2n) is 4.44. The van der Waals surface area contributed by atoms with E-state index in [9.17, 15) is 13.6 Å². The minimum Gasteiger partial charge on any atom is -0.461 e. The average Bonchev–Trinajstić information content (AvgIpc) is 2.68. The molecule has 0 aromatic carbocycles. The zero-order valence-electron chi connectivity index (χ0n) is 11.7. The molecule has 0 aliphatic carbocycles. The maximum atomic E-state index is 12.6. The lowest BCUT2D eigenvalue weighted by Gasteiger charge is -2.06. The summed E-state index contributed by atoms with van der Waals surface area (Å²) in [7, 11) is 0. The minimum absolute atomic E-state index is 0.0294. The zero-order chi connectivity index (χ0) is 15.1. The van der Waals surface area contributed by atoms with Crippen molar-refractivity contribution in [2.45, 2.75) is 52.7 Å². The van der Waals surface area contributed by atoms with E-state index in [1.54, 1.807) is 6.92 Å². The van der Waals surface area contributed by atoms with Crippen LogP contribution in [0.1, 0.15) is 49.2 Å². The number of rotatable bonds is 7. The van der Waals surface area contributed by atoms with Crippen molar-refractivity contribution in [1.29, 1.82) is 0 Å². The number of carbonyl (C=O) groups is 1. The van der Waals surface area contributed by atoms with Crippen molar-refractivity contribution in [2.75, 3.05) is 0 Å². The maximum absolute atomic E-state index is 12.6. The second-order valence-corrected chi connectivity index (χ2v) is 4.44. The Morgan fingerprint density at radius 3 is 2.70 bits per heavy atom. The summed E-state index contributed by atoms with van der Waals surface area (Å²) in [6.07, 6.45) is 7.45. The third-order valence-electron chi connectivity index (χ3n) is 2.99. The van der Waals surface area contributed by atoms with E-state index >= 15 is 0 Å². The van der Waals surface area contributed by atoms with E-state index < -0.39 is 6.55 Å². The number of terminal acetylenes is 1. The molecular formula is C14H18F2N2O2. The largest absolute Gasteiger partial charge is 0.461 e. The van der Waals surface area contributed by atoms with Gasteiger partial charge in [-0.1, -0.05) is 0 Å². The van der Waals surface area contributed by atoms with E-state index in [0.29, 0.717) is 34.5 Å². The lowest BCUT2D eigenvalue weighted by molar-refractivity contribution is -0.145. The highest BCUT2D eigenvalue weighted by molar-refractivity contribution is 5.69. The molecule has 0 fully saturated rings. The van der Waals surface area contributed by atoms with Gasteiger partial charge in [-0.3, -0.25) is 4.79 Å². The van der Waals surface area contributed by atoms with E-state index in [0.717, 1.165) is 6.42 Å². The van der Waals surface area contributed by atoms with Crippen molar-refractivity contribution in [2.24, 2.45) is 0 Å². The number of aryl methyl sites for hydroxylation is 1. The first-order chi connectivity index (χ1) is 9.47. The molecular weight excluding hydrogens is 266 g/mol. The summed E-state index contributed by atoms with van der Waals surface area (Å²) in [5.74, 6) is 2.14. The molecule has 6 heteroatoms. The van der Waals surface area contributed by atoms with Crippen LogP contribution < -0.4 is 0 Å². The highest BCUT2D eigenvalue weighted by Crippen LogP contribution is 2.20. The van der Waals surface area contributed by atoms with Crippen LogP contribution in [0.4, 0.5) is 8.78 Å². The summed E-state index contributed by atoms with van der Waals surface area (Å²) in [6, 6.07) is 0. The van der Waals surface area contributed by atoms with Crippen molar-refractivity contribution < 1.29 is 18.3 Å². The molecule has 0 N–H and O–H groups in total. The molecule has 1 rings (SSSR count). The molecule has 0 atom stereocenters. The maximum Gasteiger partial charge on any atom is 0.333 e. The van der Waals surface area contributed by atoms with Crippen LogP contribution in [0.2, 0.25) is 0 Å². The smallest absolute Gasteiger partial charge is 0.333 e. The van der Waals surface area contributed by atoms with Crippen LogP contribution in [0, 0.1) is 26.2 Å². The predicted molar refractivity (Wildman–Crippen MR) is 70.1 cm³/mol. The Balaban J connectivity index is 2.50. The quantitative estimate of drug-likeness (QED) is 0.439. The van der Waals surface area contributed by atoms with Crippen LogP contribution in [0.3, 0.4) is 0 Å². The van der Waals surface area contributed by atoms with Gasteiger partial charge in [0, 0.05) is 24.1 Å². The number of unbranched alkanes of at least 4 members (excludes halogenated alkanes) is 2. The summed E-state index contributed by atoms with van der Waals surface area (Å²) in [5.41, 5.74) is 1.29. The number of halogens is 2. The summed E-state index contributed by atoms with van der Waals surface area (Å²) in [6.45, 7) is 0.421. The number of hydrogen-bond donors (Lipinski definition) is 0. The van der Waals surface area contributed by atoms with Gasteiger partial charge in [0.05, 0.1) is 5.69 Å². The molecule has 0 aliphatic rings. The van der Waals surface area contributed by atoms with Crippen molar-refractivity contribution in [3.63, 3.8) is 0 Å². The predicted octanol–water partition coefficient (Wildman–Crippen LogP) is 3.13. The molecule has 0 saturated heterocycles. The molecule has 0 saturated carbocycles. The van der Waals surface area contributed by atoms with Gasteiger partial charge < -0.3 is 4.74 Å². The van der Waals surface area contributed by atoms with E-state index in [1.807, 2.05) is 0 Å². The molecule has 0 spiro atoms. The van der Waals surface area contributed by atoms with Crippen molar-refractivity contribution >= 4 is 5.97 Å². The van der Waals surface area contributed by atoms with E-state index in [-0.39, 0.29) is 19.0 Å². The monoisotopic (exact) mass is 284 g/mol. The normalized spacial score (nSPS) is 10.6. The van der Waals surface area contributed by atoms with Crippen LogP contribution in [-0.2, 0) is 16.1 Å². The molecule has 0 unspecified atom stereocenters. The number of nitrogens with zero attached hydrogens (tertiary/aromatic N) is 2. The Morgan fingerprint density at radius 2 is 2.15 bits per heavy atom. The van der Waals surface area contributed by atoms with E-state index in [4.69, 9.17) is 11.2 Å². The fraction of sp³-hybridized carbons (Fsp3) is 0.571. The van der Waals surface area contributed by atoms with Gasteiger partial charge in [0.2, 0.25) is 0 Å². The number of aromatic nitrogens is 2. The first-order valence-electron chi connectivity index (χ1n) is 6.39. The first kappa shape index (κ1) is 16.2. The first-order valence-corrected chi connectivity index (χ1v) is 6.39. The third kappa shape index (κ3) is 4.34. The van der Waals surface area contributed by atoms with Crippen LogP contribution in [-0.4, -0.2) is 15.7 Å². The minimum atomic E-state index is -2.69. The molecule has 0 aliphatic heterocycles. The summed E-state index contributed by atoms with van der Waals surface area (Å²) in [4.78, 5) is 11.5. The third-order valence-corrected chi connectivity index (χ3v) is 2.99. The van der Waals surface area contributed by atoms with Gasteiger partial charge in [-0.05, 0) is 26.7 Å². The Kier molecular flexibility index (Phi) is 6.16. The van der Waals surface area contributed by atoms with E-state index in [1.165, 1.54) is 6.92 Å². The Morgan fingerprint density at radius 1 is 1.45 bits per heavy atom. The fourth-order valence-corrected chi connectivity index (χ4v) is 1.82. The number of esters is 1. The van der Waals surface area contributed by atoms with Gasteiger partial charge in [-0.2, -0.15) is 13.9 Å². The molecule has 1 heterocycles. The molecule has 0 radical (unpaired) electrons. The van der Waals surface area contributed by atoms with Gasteiger partial charge >= 0.3 is 12.5 Å². The second kappa shape index (κ2) is 7.63. The van der Waals surface area contributed by atoms with Gasteiger partial charge in [0.1, 0.15) is 6.61 Å². The number of ether oxygens (including phenoxy) is 1. The van der Waals surface area contributed by atoms with Crippen LogP contribution in [0.25, 0.3) is 0 Å². The van der Waals surface area contributed by atoms with E-state index in [2.05, 4.69) is 11.0 Å². The molecule has 1 aromatic heterocycles. The van der Waals surface area contributed by atoms with Crippen molar-refractivity contribution in [3.05, 3.63) is 17.0 Å². The molecule has 1 aromatic rings. The molecule has 4 nitrogen and oxygen atoms in total. The molecule has 110 valence electrons. The van der Waals surface area contributed by atoms with Gasteiger partial charge in [0.15, 0.2) is 0 Å². The number of alkyl halides is 2. The highest BCUT2D eigenvalue weighted by atomic mass is 19.3. The lowest BCUT2D eigenvalue weighted by Crippen LogP contribution is -2.06. The van der Waals surface area contributed by atoms with Gasteiger partial charge in [-0.15, -0.1) is 12.3 Å². The van der Waals surface area contributed by atoms with Crippen LogP contribution in [0.15, 0.2) is 0 Å². The molecule has 0 bridgehead atoms. The van der Waals surface area contributed by atoms with Gasteiger partial charge in [0.25, 0.3) is 0 Å². The Bertz CT molecular complexity index is 504.